The number of nitrogens with zero attached hydrogens (tertiary/aromatic N) is 1. The summed E-state index contributed by atoms with van der Waals surface area (Å²) in [4.78, 5) is 23.8. The number of amides is 2. The van der Waals surface area contributed by atoms with Crippen LogP contribution in [-0.4, -0.2) is 38.8 Å². The van der Waals surface area contributed by atoms with Gasteiger partial charge in [-0.25, -0.2) is 5.43 Å². The summed E-state index contributed by atoms with van der Waals surface area (Å²) in [5.41, 5.74) is 3.48. The number of rotatable bonds is 7. The maximum atomic E-state index is 12.0. The number of hydrogen-bond donors (Lipinski definition) is 2. The molecule has 8 heteroatoms. The van der Waals surface area contributed by atoms with Crippen molar-refractivity contribution in [2.75, 3.05) is 20.8 Å². The fourth-order valence-electron chi connectivity index (χ4n) is 2.02. The molecule has 2 N–H and O–H groups in total. The van der Waals surface area contributed by atoms with Gasteiger partial charge in [-0.05, 0) is 42.5 Å². The molecule has 0 heterocycles. The summed E-state index contributed by atoms with van der Waals surface area (Å²) in [6.07, 6.45) is 1.47. The molecule has 0 atom stereocenters. The van der Waals surface area contributed by atoms with Crippen molar-refractivity contribution in [1.29, 1.82) is 0 Å². The van der Waals surface area contributed by atoms with Crippen LogP contribution in [0.2, 0.25) is 0 Å². The highest BCUT2D eigenvalue weighted by Gasteiger charge is 2.08. The second-order valence-corrected chi connectivity index (χ2v) is 6.01. The summed E-state index contributed by atoms with van der Waals surface area (Å²) in [6.45, 7) is -0.197. The number of ether oxygens (including phenoxy) is 2. The van der Waals surface area contributed by atoms with Crippen LogP contribution in [-0.2, 0) is 4.79 Å². The normalized spacial score (nSPS) is 10.4. The van der Waals surface area contributed by atoms with Crippen LogP contribution in [0, 0.1) is 0 Å². The molecule has 0 aliphatic rings. The lowest BCUT2D eigenvalue weighted by molar-refractivity contribution is -0.120. The Bertz CT molecular complexity index is 807. The number of hydrazone groups is 1. The smallest absolute Gasteiger partial charge is 0.259 e. The number of benzene rings is 2. The van der Waals surface area contributed by atoms with Gasteiger partial charge in [0.25, 0.3) is 11.8 Å². The van der Waals surface area contributed by atoms with E-state index in [-0.39, 0.29) is 12.5 Å². The fourth-order valence-corrected chi connectivity index (χ4v) is 2.40. The Balaban J connectivity index is 1.85. The minimum atomic E-state index is -0.447. The summed E-state index contributed by atoms with van der Waals surface area (Å²) < 4.78 is 11.1. The quantitative estimate of drug-likeness (QED) is 0.532. The van der Waals surface area contributed by atoms with Crippen LogP contribution < -0.4 is 20.2 Å². The first-order valence-electron chi connectivity index (χ1n) is 7.61. The number of carbonyl (C=O) groups is 2. The third kappa shape index (κ3) is 5.59. The average Bonchev–Trinajstić information content (AvgIpc) is 2.66. The second kappa shape index (κ2) is 9.57. The molecule has 0 bridgehead atoms. The number of halogens is 1. The van der Waals surface area contributed by atoms with Gasteiger partial charge in [0.15, 0.2) is 0 Å². The fraction of sp³-hybridized carbons (Fsp3) is 0.167. The molecule has 2 aromatic rings. The van der Waals surface area contributed by atoms with Gasteiger partial charge in [0, 0.05) is 15.6 Å². The Morgan fingerprint density at radius 1 is 1.12 bits per heavy atom. The average molecular weight is 420 g/mol. The van der Waals surface area contributed by atoms with Crippen molar-refractivity contribution >= 4 is 34.0 Å². The second-order valence-electron chi connectivity index (χ2n) is 5.09. The van der Waals surface area contributed by atoms with E-state index in [1.807, 2.05) is 6.07 Å². The van der Waals surface area contributed by atoms with Gasteiger partial charge >= 0.3 is 0 Å². The predicted octanol–water partition coefficient (Wildman–Crippen LogP) is 2.35. The Morgan fingerprint density at radius 3 is 2.50 bits per heavy atom. The maximum absolute atomic E-state index is 12.0. The zero-order chi connectivity index (χ0) is 18.9. The van der Waals surface area contributed by atoms with Crippen LogP contribution in [0.25, 0.3) is 0 Å². The maximum Gasteiger partial charge on any atom is 0.259 e. The molecule has 0 saturated carbocycles. The van der Waals surface area contributed by atoms with E-state index in [2.05, 4.69) is 31.8 Å². The molecule has 0 fully saturated rings. The van der Waals surface area contributed by atoms with Crippen molar-refractivity contribution in [3.63, 3.8) is 0 Å². The lowest BCUT2D eigenvalue weighted by Crippen LogP contribution is -2.34. The standard InChI is InChI=1S/C18H18BrN3O4/c1-25-15-6-3-12(4-7-15)18(24)20-11-17(23)22-21-10-13-9-14(19)5-8-16(13)26-2/h3-10H,11H2,1-2H3,(H,20,24)(H,22,23). The van der Waals surface area contributed by atoms with Crippen molar-refractivity contribution in [2.24, 2.45) is 5.10 Å². The molecule has 0 saturated heterocycles. The predicted molar refractivity (Wildman–Crippen MR) is 102 cm³/mol. The van der Waals surface area contributed by atoms with Crippen LogP contribution in [0.4, 0.5) is 0 Å². The summed E-state index contributed by atoms with van der Waals surface area (Å²) in [6, 6.07) is 12.0. The van der Waals surface area contributed by atoms with Crippen LogP contribution in [0.3, 0.4) is 0 Å². The van der Waals surface area contributed by atoms with Crippen molar-refractivity contribution < 1.29 is 19.1 Å². The molecular weight excluding hydrogens is 402 g/mol. The molecule has 0 aromatic heterocycles. The highest BCUT2D eigenvalue weighted by Crippen LogP contribution is 2.21. The molecule has 2 amide bonds. The van der Waals surface area contributed by atoms with Gasteiger partial charge in [-0.3, -0.25) is 9.59 Å². The molecule has 0 radical (unpaired) electrons. The summed E-state index contributed by atoms with van der Waals surface area (Å²) >= 11 is 3.36. The van der Waals surface area contributed by atoms with E-state index in [1.54, 1.807) is 50.6 Å². The highest BCUT2D eigenvalue weighted by atomic mass is 79.9. The highest BCUT2D eigenvalue weighted by molar-refractivity contribution is 9.10. The molecule has 7 nitrogen and oxygen atoms in total. The zero-order valence-electron chi connectivity index (χ0n) is 14.3. The summed E-state index contributed by atoms with van der Waals surface area (Å²) in [5.74, 6) is 0.466. The van der Waals surface area contributed by atoms with Crippen molar-refractivity contribution in [2.45, 2.75) is 0 Å². The topological polar surface area (TPSA) is 89.0 Å². The van der Waals surface area contributed by atoms with E-state index >= 15 is 0 Å². The van der Waals surface area contributed by atoms with Gasteiger partial charge in [0.05, 0.1) is 27.0 Å². The van der Waals surface area contributed by atoms with Gasteiger partial charge in [-0.15, -0.1) is 0 Å². The lowest BCUT2D eigenvalue weighted by Gasteiger charge is -2.06. The Hall–Kier alpha value is -2.87. The van der Waals surface area contributed by atoms with Crippen molar-refractivity contribution in [1.82, 2.24) is 10.7 Å². The molecule has 136 valence electrons. The van der Waals surface area contributed by atoms with Crippen LogP contribution in [0.15, 0.2) is 52.0 Å². The first kappa shape index (κ1) is 19.5. The first-order valence-corrected chi connectivity index (χ1v) is 8.40. The molecular formula is C18H18BrN3O4. The molecule has 0 aliphatic heterocycles. The van der Waals surface area contributed by atoms with Gasteiger partial charge in [0.1, 0.15) is 11.5 Å². The molecule has 0 unspecified atom stereocenters. The third-order valence-corrected chi connectivity index (χ3v) is 3.84. The minimum Gasteiger partial charge on any atom is -0.497 e. The van der Waals surface area contributed by atoms with Crippen molar-refractivity contribution in [3.05, 3.63) is 58.1 Å². The number of carbonyl (C=O) groups excluding carboxylic acids is 2. The number of methoxy groups -OCH3 is 2. The van der Waals surface area contributed by atoms with E-state index in [0.717, 1.165) is 4.47 Å². The zero-order valence-corrected chi connectivity index (χ0v) is 15.9. The van der Waals surface area contributed by atoms with Gasteiger partial charge < -0.3 is 14.8 Å². The van der Waals surface area contributed by atoms with Gasteiger partial charge in [-0.1, -0.05) is 15.9 Å². The van der Waals surface area contributed by atoms with Gasteiger partial charge in [-0.2, -0.15) is 5.10 Å². The lowest BCUT2D eigenvalue weighted by atomic mass is 10.2. The summed E-state index contributed by atoms with van der Waals surface area (Å²) in [5, 5.41) is 6.39. The monoisotopic (exact) mass is 419 g/mol. The minimum absolute atomic E-state index is 0.197. The van der Waals surface area contributed by atoms with E-state index in [9.17, 15) is 9.59 Å². The summed E-state index contributed by atoms with van der Waals surface area (Å²) in [7, 11) is 3.09. The van der Waals surface area contributed by atoms with Crippen LogP contribution in [0.1, 0.15) is 15.9 Å². The molecule has 0 spiro atoms. The van der Waals surface area contributed by atoms with Crippen molar-refractivity contribution in [3.8, 4) is 11.5 Å². The number of nitrogens with one attached hydrogen (secondary N) is 2. The Kier molecular flexibility index (Phi) is 7.16. The van der Waals surface area contributed by atoms with Gasteiger partial charge in [0.2, 0.25) is 0 Å². The molecule has 2 aromatic carbocycles. The largest absolute Gasteiger partial charge is 0.497 e. The molecule has 26 heavy (non-hydrogen) atoms. The van der Waals surface area contributed by atoms with E-state index in [4.69, 9.17) is 9.47 Å². The van der Waals surface area contributed by atoms with E-state index < -0.39 is 5.91 Å². The first-order chi connectivity index (χ1) is 12.5. The van der Waals surface area contributed by atoms with E-state index in [0.29, 0.717) is 22.6 Å². The molecule has 2 rings (SSSR count). The molecule has 0 aliphatic carbocycles. The Labute approximate surface area is 159 Å². The SMILES string of the molecule is COc1ccc(C(=O)NCC(=O)NN=Cc2cc(Br)ccc2OC)cc1. The van der Waals surface area contributed by atoms with Crippen LogP contribution >= 0.6 is 15.9 Å². The Morgan fingerprint density at radius 2 is 1.85 bits per heavy atom. The third-order valence-electron chi connectivity index (χ3n) is 3.35. The van der Waals surface area contributed by atoms with E-state index in [1.165, 1.54) is 6.21 Å². The van der Waals surface area contributed by atoms with Crippen LogP contribution in [0.5, 0.6) is 11.5 Å². The number of hydrogen-bond acceptors (Lipinski definition) is 5.